The molecule has 0 saturated heterocycles. The van der Waals surface area contributed by atoms with Crippen LogP contribution in [0.5, 0.6) is 0 Å². The minimum absolute atomic E-state index is 0.298. The number of amides is 1. The number of carbonyl (C=O) groups excluding carboxylic acids is 1. The molecule has 0 atom stereocenters. The summed E-state index contributed by atoms with van der Waals surface area (Å²) in [6, 6.07) is 13.2. The molecule has 1 heterocycles. The highest BCUT2D eigenvalue weighted by Gasteiger charge is 2.27. The highest BCUT2D eigenvalue weighted by Crippen LogP contribution is 2.29. The standard InChI is InChI=1S/C22H24N4O3S/c1-14-7-11-17(12-8-14)26-20-6-4-5-18(20)21(24-26)22(27)23-16-10-9-15(2)19(13-16)25-30(3,28)29/h7-13,25H,4-6H2,1-3H3,(H,23,27). The zero-order valence-electron chi connectivity index (χ0n) is 17.2. The molecule has 0 spiro atoms. The van der Waals surface area contributed by atoms with Crippen LogP contribution < -0.4 is 10.0 Å². The summed E-state index contributed by atoms with van der Waals surface area (Å²) >= 11 is 0. The topological polar surface area (TPSA) is 93.1 Å². The predicted octanol–water partition coefficient (Wildman–Crippen LogP) is 3.60. The molecule has 0 fully saturated rings. The highest BCUT2D eigenvalue weighted by atomic mass is 32.2. The zero-order chi connectivity index (χ0) is 21.5. The molecule has 8 heteroatoms. The summed E-state index contributed by atoms with van der Waals surface area (Å²) in [6.07, 6.45) is 3.79. The lowest BCUT2D eigenvalue weighted by Gasteiger charge is -2.11. The number of benzene rings is 2. The van der Waals surface area contributed by atoms with Crippen molar-refractivity contribution in [3.63, 3.8) is 0 Å². The van der Waals surface area contributed by atoms with Crippen LogP contribution in [0, 0.1) is 13.8 Å². The van der Waals surface area contributed by atoms with E-state index >= 15 is 0 Å². The van der Waals surface area contributed by atoms with Crippen molar-refractivity contribution >= 4 is 27.3 Å². The molecule has 0 saturated carbocycles. The lowest BCUT2D eigenvalue weighted by molar-refractivity contribution is 0.102. The molecule has 1 aliphatic carbocycles. The van der Waals surface area contributed by atoms with Crippen molar-refractivity contribution < 1.29 is 13.2 Å². The van der Waals surface area contributed by atoms with E-state index in [1.807, 2.05) is 35.9 Å². The van der Waals surface area contributed by atoms with Crippen LogP contribution in [0.1, 0.15) is 39.3 Å². The van der Waals surface area contributed by atoms with E-state index in [0.29, 0.717) is 17.1 Å². The summed E-state index contributed by atoms with van der Waals surface area (Å²) < 4.78 is 27.5. The maximum atomic E-state index is 13.0. The first-order valence-corrected chi connectivity index (χ1v) is 11.7. The van der Waals surface area contributed by atoms with Gasteiger partial charge in [-0.15, -0.1) is 0 Å². The van der Waals surface area contributed by atoms with E-state index in [1.54, 1.807) is 25.1 Å². The second-order valence-corrected chi connectivity index (χ2v) is 9.48. The Hall–Kier alpha value is -3.13. The fraction of sp³-hybridized carbons (Fsp3) is 0.273. The van der Waals surface area contributed by atoms with Gasteiger partial charge in [0.25, 0.3) is 5.91 Å². The molecule has 0 radical (unpaired) electrons. The quantitative estimate of drug-likeness (QED) is 0.654. The van der Waals surface area contributed by atoms with Gasteiger partial charge in [-0.05, 0) is 62.9 Å². The average molecular weight is 425 g/mol. The summed E-state index contributed by atoms with van der Waals surface area (Å²) in [5.41, 5.74) is 6.29. The molecule has 1 aromatic heterocycles. The summed E-state index contributed by atoms with van der Waals surface area (Å²) in [4.78, 5) is 13.0. The van der Waals surface area contributed by atoms with Crippen molar-refractivity contribution in [3.8, 4) is 5.69 Å². The lowest BCUT2D eigenvalue weighted by Crippen LogP contribution is -2.16. The molecule has 3 aromatic rings. The maximum absolute atomic E-state index is 13.0. The number of hydrogen-bond acceptors (Lipinski definition) is 4. The third-order valence-electron chi connectivity index (χ3n) is 5.21. The van der Waals surface area contributed by atoms with Gasteiger partial charge in [0.2, 0.25) is 10.0 Å². The van der Waals surface area contributed by atoms with Gasteiger partial charge < -0.3 is 5.32 Å². The van der Waals surface area contributed by atoms with Gasteiger partial charge in [-0.3, -0.25) is 9.52 Å². The van der Waals surface area contributed by atoms with E-state index in [1.165, 1.54) is 5.56 Å². The Kier molecular flexibility index (Phi) is 5.11. The van der Waals surface area contributed by atoms with Gasteiger partial charge >= 0.3 is 0 Å². The minimum Gasteiger partial charge on any atom is -0.321 e. The normalized spacial score (nSPS) is 13.2. The number of nitrogens with zero attached hydrogens (tertiary/aromatic N) is 2. The van der Waals surface area contributed by atoms with Crippen LogP contribution in [0.3, 0.4) is 0 Å². The number of sulfonamides is 1. The molecule has 4 rings (SSSR count). The van der Waals surface area contributed by atoms with Crippen LogP contribution in [0.25, 0.3) is 5.69 Å². The van der Waals surface area contributed by atoms with Crippen molar-refractivity contribution in [1.82, 2.24) is 9.78 Å². The smallest absolute Gasteiger partial charge is 0.276 e. The van der Waals surface area contributed by atoms with Crippen LogP contribution in [-0.4, -0.2) is 30.4 Å². The van der Waals surface area contributed by atoms with Crippen molar-refractivity contribution in [3.05, 3.63) is 70.5 Å². The van der Waals surface area contributed by atoms with E-state index < -0.39 is 10.0 Å². The lowest BCUT2D eigenvalue weighted by atomic mass is 10.1. The van der Waals surface area contributed by atoms with Gasteiger partial charge in [0, 0.05) is 16.9 Å². The molecular weight excluding hydrogens is 400 g/mol. The van der Waals surface area contributed by atoms with E-state index in [4.69, 9.17) is 0 Å². The van der Waals surface area contributed by atoms with Crippen molar-refractivity contribution in [2.45, 2.75) is 33.1 Å². The largest absolute Gasteiger partial charge is 0.321 e. The summed E-state index contributed by atoms with van der Waals surface area (Å²) in [6.45, 7) is 3.83. The third kappa shape index (κ3) is 4.09. The number of rotatable bonds is 5. The van der Waals surface area contributed by atoms with Gasteiger partial charge in [-0.25, -0.2) is 13.1 Å². The second-order valence-electron chi connectivity index (χ2n) is 7.73. The Balaban J connectivity index is 1.64. The Morgan fingerprint density at radius 1 is 1.07 bits per heavy atom. The molecule has 156 valence electrons. The fourth-order valence-corrected chi connectivity index (χ4v) is 4.34. The first-order chi connectivity index (χ1) is 14.2. The molecular formula is C22H24N4O3S. The molecule has 0 unspecified atom stereocenters. The van der Waals surface area contributed by atoms with E-state index in [-0.39, 0.29) is 5.91 Å². The van der Waals surface area contributed by atoms with Crippen LogP contribution in [-0.2, 0) is 22.9 Å². The molecule has 30 heavy (non-hydrogen) atoms. The molecule has 2 N–H and O–H groups in total. The molecule has 0 bridgehead atoms. The minimum atomic E-state index is -3.41. The molecule has 7 nitrogen and oxygen atoms in total. The summed E-state index contributed by atoms with van der Waals surface area (Å²) in [5.74, 6) is -0.298. The monoisotopic (exact) mass is 424 g/mol. The van der Waals surface area contributed by atoms with E-state index in [0.717, 1.165) is 48.0 Å². The highest BCUT2D eigenvalue weighted by molar-refractivity contribution is 7.92. The van der Waals surface area contributed by atoms with Gasteiger partial charge in [0.05, 0.1) is 17.6 Å². The van der Waals surface area contributed by atoms with E-state index in [2.05, 4.69) is 15.1 Å². The SMILES string of the molecule is Cc1ccc(-n2nc(C(=O)Nc3ccc(C)c(NS(C)(=O)=O)c3)c3c2CCC3)cc1. The van der Waals surface area contributed by atoms with Gasteiger partial charge in [0.15, 0.2) is 5.69 Å². The molecule has 1 aliphatic rings. The number of anilines is 2. The van der Waals surface area contributed by atoms with E-state index in [9.17, 15) is 13.2 Å². The number of nitrogens with one attached hydrogen (secondary N) is 2. The molecule has 2 aromatic carbocycles. The van der Waals surface area contributed by atoms with Crippen LogP contribution in [0.4, 0.5) is 11.4 Å². The van der Waals surface area contributed by atoms with Crippen molar-refractivity contribution in [1.29, 1.82) is 0 Å². The number of carbonyl (C=O) groups is 1. The number of aromatic nitrogens is 2. The average Bonchev–Trinajstić information content (AvgIpc) is 3.27. The summed E-state index contributed by atoms with van der Waals surface area (Å²) in [5, 5.41) is 7.49. The maximum Gasteiger partial charge on any atom is 0.276 e. The van der Waals surface area contributed by atoms with Gasteiger partial charge in [-0.1, -0.05) is 23.8 Å². The fourth-order valence-electron chi connectivity index (χ4n) is 3.72. The zero-order valence-corrected chi connectivity index (χ0v) is 18.0. The first-order valence-electron chi connectivity index (χ1n) is 9.79. The Morgan fingerprint density at radius 3 is 2.50 bits per heavy atom. The van der Waals surface area contributed by atoms with Crippen LogP contribution in [0.2, 0.25) is 0 Å². The number of hydrogen-bond donors (Lipinski definition) is 2. The first kappa shape index (κ1) is 20.2. The third-order valence-corrected chi connectivity index (χ3v) is 5.81. The Morgan fingerprint density at radius 2 is 1.80 bits per heavy atom. The van der Waals surface area contributed by atoms with Crippen molar-refractivity contribution in [2.24, 2.45) is 0 Å². The van der Waals surface area contributed by atoms with Crippen LogP contribution in [0.15, 0.2) is 42.5 Å². The van der Waals surface area contributed by atoms with Crippen LogP contribution >= 0.6 is 0 Å². The van der Waals surface area contributed by atoms with Gasteiger partial charge in [-0.2, -0.15) is 5.10 Å². The number of aryl methyl sites for hydroxylation is 2. The Bertz CT molecular complexity index is 1230. The molecule has 0 aliphatic heterocycles. The summed E-state index contributed by atoms with van der Waals surface area (Å²) in [7, 11) is -3.41. The van der Waals surface area contributed by atoms with Gasteiger partial charge in [0.1, 0.15) is 0 Å². The molecule has 1 amide bonds. The second kappa shape index (κ2) is 7.60. The predicted molar refractivity (Wildman–Crippen MR) is 118 cm³/mol. The van der Waals surface area contributed by atoms with Crippen molar-refractivity contribution in [2.75, 3.05) is 16.3 Å². The number of fused-ring (bicyclic) bond motifs is 1. The Labute approximate surface area is 176 Å².